The third kappa shape index (κ3) is 3.71. The van der Waals surface area contributed by atoms with Gasteiger partial charge in [0.25, 0.3) is 0 Å². The lowest BCUT2D eigenvalue weighted by molar-refractivity contribution is -0.292. The molecule has 4 N–H and O–H groups in total. The molecule has 2 spiro atoms. The van der Waals surface area contributed by atoms with E-state index < -0.39 is 72.2 Å². The lowest BCUT2D eigenvalue weighted by Crippen LogP contribution is -2.70. The van der Waals surface area contributed by atoms with Gasteiger partial charge in [0, 0.05) is 23.8 Å². The summed E-state index contributed by atoms with van der Waals surface area (Å²) in [5.74, 6) is -1.50. The molecule has 14 nitrogen and oxygen atoms in total. The van der Waals surface area contributed by atoms with Crippen molar-refractivity contribution in [3.05, 3.63) is 11.1 Å². The second-order valence-corrected chi connectivity index (χ2v) is 14.4. The highest BCUT2D eigenvalue weighted by molar-refractivity contribution is 5.92. The van der Waals surface area contributed by atoms with Crippen molar-refractivity contribution in [3.63, 3.8) is 0 Å². The Labute approximate surface area is 258 Å². The van der Waals surface area contributed by atoms with Crippen molar-refractivity contribution in [1.29, 1.82) is 0 Å². The quantitative estimate of drug-likeness (QED) is 0.146. The molecule has 0 aromatic heterocycles. The predicted octanol–water partition coefficient (Wildman–Crippen LogP) is -0.833. The average Bonchev–Trinajstić information content (AvgIpc) is 3.92. The topological polar surface area (TPSA) is 207 Å². The molecular weight excluding hydrogens is 596 g/mol. The summed E-state index contributed by atoms with van der Waals surface area (Å²) in [6.45, 7) is 5.91. The van der Waals surface area contributed by atoms with E-state index >= 15 is 0 Å². The smallest absolute Gasteiger partial charge is 0.334 e. The number of aliphatic hydroxyl groups is 4. The number of hydrogen-bond donors (Lipinski definition) is 4. The standard InChI is InChI=1S/C31H40O14/c1-12(2)29-23(44-29)24-31(45-24)28(3)8-7-13-14(11-39-25(13)38)15(28)9-17-30(31,43-17)27(29)42-19(34)6-4-5-18(33)41-26-22(37)21(36)20(35)16(10-32)40-26/h12,15-17,20-24,26-27,32,35-37H,4-11H2,1-3H3/t15-,16?,17-,20+,21?,22?,23-,24-,26-,27+,28-,29-,30+,31+/m0/s1. The van der Waals surface area contributed by atoms with Crippen LogP contribution in [-0.2, 0) is 47.5 Å². The third-order valence-electron chi connectivity index (χ3n) is 12.2. The van der Waals surface area contributed by atoms with Crippen LogP contribution < -0.4 is 0 Å². The van der Waals surface area contributed by atoms with Gasteiger partial charge in [0.15, 0.2) is 11.7 Å². The molecule has 3 aliphatic carbocycles. The fourth-order valence-electron chi connectivity index (χ4n) is 9.76. The van der Waals surface area contributed by atoms with Gasteiger partial charge in [-0.1, -0.05) is 20.8 Å². The van der Waals surface area contributed by atoms with Gasteiger partial charge >= 0.3 is 17.9 Å². The van der Waals surface area contributed by atoms with Gasteiger partial charge in [-0.25, -0.2) is 4.79 Å². The van der Waals surface area contributed by atoms with E-state index in [9.17, 15) is 34.8 Å². The van der Waals surface area contributed by atoms with Crippen molar-refractivity contribution >= 4 is 17.9 Å². The first-order valence-electron chi connectivity index (χ1n) is 16.0. The van der Waals surface area contributed by atoms with Crippen LogP contribution in [0.2, 0.25) is 0 Å². The Morgan fingerprint density at radius 1 is 1.00 bits per heavy atom. The Morgan fingerprint density at radius 3 is 2.44 bits per heavy atom. The number of cyclic esters (lactones) is 1. The summed E-state index contributed by atoms with van der Waals surface area (Å²) in [7, 11) is 0. The molecule has 0 amide bonds. The number of carbonyl (C=O) groups is 3. The minimum absolute atomic E-state index is 0.00212. The van der Waals surface area contributed by atoms with Crippen molar-refractivity contribution in [2.75, 3.05) is 13.2 Å². The molecule has 2 saturated carbocycles. The first-order valence-corrected chi connectivity index (χ1v) is 16.0. The van der Waals surface area contributed by atoms with Gasteiger partial charge in [-0.2, -0.15) is 0 Å². The van der Waals surface area contributed by atoms with Crippen LogP contribution in [0.25, 0.3) is 0 Å². The first kappa shape index (κ1) is 30.2. The fraction of sp³-hybridized carbons (Fsp3) is 0.839. The van der Waals surface area contributed by atoms with Crippen molar-refractivity contribution in [3.8, 4) is 0 Å². The lowest BCUT2D eigenvalue weighted by Gasteiger charge is -2.53. The number of hydrogen-bond acceptors (Lipinski definition) is 14. The Balaban J connectivity index is 0.962. The van der Waals surface area contributed by atoms with E-state index in [0.29, 0.717) is 19.4 Å². The predicted molar refractivity (Wildman–Crippen MR) is 145 cm³/mol. The number of esters is 3. The van der Waals surface area contributed by atoms with Crippen molar-refractivity contribution in [2.24, 2.45) is 17.3 Å². The molecule has 0 aromatic carbocycles. The summed E-state index contributed by atoms with van der Waals surface area (Å²) >= 11 is 0. The summed E-state index contributed by atoms with van der Waals surface area (Å²) in [6, 6.07) is 0. The van der Waals surface area contributed by atoms with Crippen LogP contribution in [-0.4, -0.2) is 123 Å². The molecule has 8 rings (SSSR count). The largest absolute Gasteiger partial charge is 0.458 e. The highest BCUT2D eigenvalue weighted by Gasteiger charge is 3.01. The van der Waals surface area contributed by atoms with Crippen LogP contribution >= 0.6 is 0 Å². The summed E-state index contributed by atoms with van der Waals surface area (Å²) in [6.07, 6.45) is -7.42. The fourth-order valence-corrected chi connectivity index (χ4v) is 9.76. The number of epoxide rings is 3. The molecule has 0 aromatic rings. The van der Waals surface area contributed by atoms with Gasteiger partial charge < -0.3 is 53.6 Å². The van der Waals surface area contributed by atoms with Crippen LogP contribution in [0.4, 0.5) is 0 Å². The minimum atomic E-state index is -1.71. The maximum Gasteiger partial charge on any atom is 0.334 e. The molecule has 45 heavy (non-hydrogen) atoms. The Bertz CT molecular complexity index is 1360. The molecule has 4 saturated heterocycles. The average molecular weight is 637 g/mol. The molecule has 0 radical (unpaired) electrons. The van der Waals surface area contributed by atoms with E-state index in [-0.39, 0.29) is 60.8 Å². The van der Waals surface area contributed by atoms with Gasteiger partial charge in [0.2, 0.25) is 6.29 Å². The third-order valence-corrected chi connectivity index (χ3v) is 12.2. The maximum absolute atomic E-state index is 13.4. The molecule has 14 heteroatoms. The Morgan fingerprint density at radius 2 is 1.73 bits per heavy atom. The second kappa shape index (κ2) is 9.69. The first-order chi connectivity index (χ1) is 21.4. The van der Waals surface area contributed by atoms with E-state index in [2.05, 4.69) is 6.92 Å². The number of fused-ring (bicyclic) bond motifs is 4. The highest BCUT2D eigenvalue weighted by Crippen LogP contribution is 2.83. The SMILES string of the molecule is CC(C)[C@]12O[C@H]1[C@@H]1O[C@]13[C@]1(O[C@H]1C[C@H]1C4=C(CC[C@@]13C)C(=O)OC4)[C@@H]2OC(=O)CCCC(=O)O[C@@H]1OC(CO)[C@@H](O)C(O)C1O. The molecular formula is C31H40O14. The van der Waals surface area contributed by atoms with Gasteiger partial charge in [-0.3, -0.25) is 9.59 Å². The molecule has 0 bridgehead atoms. The summed E-state index contributed by atoms with van der Waals surface area (Å²) in [4.78, 5) is 38.3. The van der Waals surface area contributed by atoms with E-state index in [1.54, 1.807) is 0 Å². The van der Waals surface area contributed by atoms with Crippen LogP contribution in [0.15, 0.2) is 11.1 Å². The van der Waals surface area contributed by atoms with Gasteiger partial charge in [-0.05, 0) is 43.1 Å². The Hall–Kier alpha value is -2.17. The zero-order valence-electron chi connectivity index (χ0n) is 25.4. The number of aliphatic hydroxyl groups excluding tert-OH is 4. The summed E-state index contributed by atoms with van der Waals surface area (Å²) in [5.41, 5.74) is -0.904. The van der Waals surface area contributed by atoms with Crippen LogP contribution in [0.5, 0.6) is 0 Å². The molecule has 248 valence electrons. The number of carbonyl (C=O) groups excluding carboxylic acids is 3. The van der Waals surface area contributed by atoms with E-state index in [1.807, 2.05) is 13.8 Å². The molecule has 6 fully saturated rings. The lowest BCUT2D eigenvalue weighted by atomic mass is 9.46. The zero-order valence-corrected chi connectivity index (χ0v) is 25.4. The van der Waals surface area contributed by atoms with Gasteiger partial charge in [0.1, 0.15) is 54.4 Å². The monoisotopic (exact) mass is 636 g/mol. The normalized spacial score (nSPS) is 51.5. The number of rotatable bonds is 8. The molecule has 3 unspecified atom stereocenters. The van der Waals surface area contributed by atoms with E-state index in [1.165, 1.54) is 0 Å². The number of ether oxygens (including phenoxy) is 7. The molecule has 8 aliphatic rings. The molecule has 5 heterocycles. The van der Waals surface area contributed by atoms with E-state index in [0.717, 1.165) is 17.6 Å². The highest BCUT2D eigenvalue weighted by atomic mass is 16.8. The Kier molecular flexibility index (Phi) is 6.50. The molecule has 14 atom stereocenters. The van der Waals surface area contributed by atoms with Crippen LogP contribution in [0.1, 0.15) is 59.3 Å². The van der Waals surface area contributed by atoms with E-state index in [4.69, 9.17) is 33.2 Å². The van der Waals surface area contributed by atoms with Gasteiger partial charge in [-0.15, -0.1) is 0 Å². The summed E-state index contributed by atoms with van der Waals surface area (Å²) in [5, 5.41) is 39.3. The van der Waals surface area contributed by atoms with Crippen LogP contribution in [0.3, 0.4) is 0 Å². The minimum Gasteiger partial charge on any atom is -0.458 e. The van der Waals surface area contributed by atoms with Crippen LogP contribution in [0, 0.1) is 17.3 Å². The van der Waals surface area contributed by atoms with Gasteiger partial charge in [0.05, 0.1) is 12.7 Å². The molecule has 5 aliphatic heterocycles. The van der Waals surface area contributed by atoms with Crippen molar-refractivity contribution in [2.45, 2.75) is 131 Å². The maximum atomic E-state index is 13.4. The zero-order chi connectivity index (χ0) is 31.8. The summed E-state index contributed by atoms with van der Waals surface area (Å²) < 4.78 is 41.8. The second-order valence-electron chi connectivity index (χ2n) is 14.4. The van der Waals surface area contributed by atoms with Crippen molar-refractivity contribution in [1.82, 2.24) is 0 Å². The van der Waals surface area contributed by atoms with Crippen molar-refractivity contribution < 1.29 is 68.0 Å².